The monoisotopic (exact) mass is 418 g/mol. The molecule has 2 aliphatic rings. The van der Waals surface area contributed by atoms with Crippen LogP contribution in [0.5, 0.6) is 11.5 Å². The predicted molar refractivity (Wildman–Crippen MR) is 104 cm³/mol. The van der Waals surface area contributed by atoms with Gasteiger partial charge in [-0.3, -0.25) is 4.79 Å². The van der Waals surface area contributed by atoms with E-state index in [-0.39, 0.29) is 36.7 Å². The van der Waals surface area contributed by atoms with Crippen molar-refractivity contribution in [3.8, 4) is 11.5 Å². The molecule has 0 heterocycles. The number of fused-ring (bicyclic) bond motifs is 2. The molecule has 0 aromatic heterocycles. The third-order valence-corrected chi connectivity index (χ3v) is 5.97. The van der Waals surface area contributed by atoms with Gasteiger partial charge in [-0.1, -0.05) is 0 Å². The van der Waals surface area contributed by atoms with Crippen molar-refractivity contribution in [2.24, 2.45) is 0 Å². The van der Waals surface area contributed by atoms with E-state index >= 15 is 0 Å². The first kappa shape index (κ1) is 20.8. The summed E-state index contributed by atoms with van der Waals surface area (Å²) in [6.45, 7) is 0.447. The number of carboxylic acids is 1. The summed E-state index contributed by atoms with van der Waals surface area (Å²) >= 11 is 0. The van der Waals surface area contributed by atoms with Gasteiger partial charge in [-0.2, -0.15) is 0 Å². The van der Waals surface area contributed by atoms with Gasteiger partial charge in [-0.05, 0) is 67.6 Å². The fourth-order valence-corrected chi connectivity index (χ4v) is 4.49. The summed E-state index contributed by atoms with van der Waals surface area (Å²) in [6, 6.07) is 9.92. The maximum atomic E-state index is 14.1. The molecule has 0 unspecified atom stereocenters. The molecule has 0 atom stereocenters. The lowest BCUT2D eigenvalue weighted by Gasteiger charge is -2.28. The molecular weight excluding hydrogens is 394 g/mol. The minimum absolute atomic E-state index is 0.00423. The Bertz CT molecular complexity index is 904. The molecule has 2 aromatic carbocycles. The van der Waals surface area contributed by atoms with Crippen molar-refractivity contribution < 1.29 is 32.9 Å². The summed E-state index contributed by atoms with van der Waals surface area (Å²) in [5.74, 6) is -0.931. The highest BCUT2D eigenvalue weighted by Crippen LogP contribution is 2.54. The molecule has 2 saturated carbocycles. The summed E-state index contributed by atoms with van der Waals surface area (Å²) in [7, 11) is 0. The van der Waals surface area contributed by atoms with E-state index < -0.39 is 11.8 Å². The predicted octanol–water partition coefficient (Wildman–Crippen LogP) is 5.22. The fraction of sp³-hybridized carbons (Fsp3) is 0.435. The van der Waals surface area contributed by atoms with Crippen LogP contribution in [0.3, 0.4) is 0 Å². The Morgan fingerprint density at radius 1 is 0.900 bits per heavy atom. The maximum absolute atomic E-state index is 14.1. The average molecular weight is 418 g/mol. The van der Waals surface area contributed by atoms with Gasteiger partial charge >= 0.3 is 5.97 Å². The Morgan fingerprint density at radius 2 is 1.57 bits per heavy atom. The Balaban J connectivity index is 1.37. The van der Waals surface area contributed by atoms with E-state index in [1.54, 1.807) is 6.07 Å². The molecule has 1 N–H and O–H groups in total. The second-order valence-electron chi connectivity index (χ2n) is 8.17. The molecule has 2 bridgehead atoms. The van der Waals surface area contributed by atoms with E-state index in [0.717, 1.165) is 32.1 Å². The van der Waals surface area contributed by atoms with Crippen molar-refractivity contribution in [1.29, 1.82) is 0 Å². The Hall–Kier alpha value is -2.51. The van der Waals surface area contributed by atoms with Gasteiger partial charge < -0.3 is 19.3 Å². The quantitative estimate of drug-likeness (QED) is 0.605. The number of aliphatic carboxylic acids is 1. The first-order chi connectivity index (χ1) is 14.4. The second kappa shape index (κ2) is 8.32. The van der Waals surface area contributed by atoms with Crippen molar-refractivity contribution in [2.45, 2.75) is 56.3 Å². The molecule has 2 aromatic rings. The highest BCUT2D eigenvalue weighted by atomic mass is 19.1. The average Bonchev–Trinajstić information content (AvgIpc) is 3.24. The first-order valence-electron chi connectivity index (χ1n) is 10.1. The lowest BCUT2D eigenvalue weighted by molar-refractivity contribution is -0.140. The van der Waals surface area contributed by atoms with Gasteiger partial charge in [-0.25, -0.2) is 8.78 Å². The van der Waals surface area contributed by atoms with Crippen LogP contribution in [0.4, 0.5) is 8.78 Å². The van der Waals surface area contributed by atoms with Gasteiger partial charge in [0.2, 0.25) is 0 Å². The topological polar surface area (TPSA) is 65.0 Å². The van der Waals surface area contributed by atoms with Crippen LogP contribution in [-0.2, 0) is 20.9 Å². The zero-order valence-corrected chi connectivity index (χ0v) is 16.5. The molecule has 0 saturated heterocycles. The highest BCUT2D eigenvalue weighted by Gasteiger charge is 2.56. The van der Waals surface area contributed by atoms with Crippen molar-refractivity contribution in [3.05, 3.63) is 59.7 Å². The lowest BCUT2D eigenvalue weighted by atomic mass is 9.95. The summed E-state index contributed by atoms with van der Waals surface area (Å²) in [5.41, 5.74) is 0.0413. The van der Waals surface area contributed by atoms with Crippen LogP contribution in [0, 0.1) is 11.6 Å². The summed E-state index contributed by atoms with van der Waals surface area (Å²) < 4.78 is 44.9. The van der Waals surface area contributed by atoms with Gasteiger partial charge in [-0.15, -0.1) is 0 Å². The van der Waals surface area contributed by atoms with E-state index in [1.165, 1.54) is 36.4 Å². The number of hydrogen-bond donors (Lipinski definition) is 1. The van der Waals surface area contributed by atoms with Crippen LogP contribution in [0.25, 0.3) is 0 Å². The SMILES string of the molecule is O=C(O)CCOC12CCC(OCc3cc(F)cc(Oc4ccc(F)cc4)c3)(CC1)C2. The van der Waals surface area contributed by atoms with Gasteiger partial charge in [0.1, 0.15) is 23.1 Å². The molecule has 0 spiro atoms. The standard InChI is InChI=1S/C23H24F2O5/c24-17-1-3-19(4-2-17)30-20-12-16(11-18(25)13-20)14-29-23-8-6-22(15-23,7-9-23)28-10-5-21(26)27/h1-4,11-13H,5-10,14-15H2,(H,26,27). The highest BCUT2D eigenvalue weighted by molar-refractivity contribution is 5.66. The van der Waals surface area contributed by atoms with Crippen LogP contribution in [0.2, 0.25) is 0 Å². The maximum Gasteiger partial charge on any atom is 0.305 e. The molecule has 2 fully saturated rings. The van der Waals surface area contributed by atoms with Crippen LogP contribution in [0.15, 0.2) is 42.5 Å². The van der Waals surface area contributed by atoms with Crippen LogP contribution in [0.1, 0.15) is 44.1 Å². The normalized spacial score (nSPS) is 24.9. The van der Waals surface area contributed by atoms with Gasteiger partial charge in [0, 0.05) is 12.5 Å². The molecule has 0 amide bonds. The molecule has 0 aliphatic heterocycles. The third kappa shape index (κ3) is 4.79. The van der Waals surface area contributed by atoms with Gasteiger partial charge in [0.05, 0.1) is 30.8 Å². The first-order valence-corrected chi connectivity index (χ1v) is 10.1. The second-order valence-corrected chi connectivity index (χ2v) is 8.17. The molecule has 2 aliphatic carbocycles. The number of halogens is 2. The largest absolute Gasteiger partial charge is 0.481 e. The third-order valence-electron chi connectivity index (χ3n) is 5.97. The molecule has 5 nitrogen and oxygen atoms in total. The number of carbonyl (C=O) groups is 1. The van der Waals surface area contributed by atoms with E-state index in [4.69, 9.17) is 19.3 Å². The van der Waals surface area contributed by atoms with E-state index in [2.05, 4.69) is 0 Å². The number of ether oxygens (including phenoxy) is 3. The zero-order valence-electron chi connectivity index (χ0n) is 16.5. The van der Waals surface area contributed by atoms with Crippen molar-refractivity contribution in [1.82, 2.24) is 0 Å². The number of rotatable bonds is 9. The number of benzene rings is 2. The minimum Gasteiger partial charge on any atom is -0.481 e. The van der Waals surface area contributed by atoms with Crippen LogP contribution in [-0.4, -0.2) is 28.9 Å². The zero-order chi connectivity index (χ0) is 21.2. The molecule has 0 radical (unpaired) electrons. The van der Waals surface area contributed by atoms with E-state index in [0.29, 0.717) is 17.1 Å². The van der Waals surface area contributed by atoms with Gasteiger partial charge in [0.25, 0.3) is 0 Å². The lowest BCUT2D eigenvalue weighted by Crippen LogP contribution is -2.27. The van der Waals surface area contributed by atoms with Crippen molar-refractivity contribution >= 4 is 5.97 Å². The molecule has 30 heavy (non-hydrogen) atoms. The minimum atomic E-state index is -0.866. The van der Waals surface area contributed by atoms with E-state index in [1.807, 2.05) is 0 Å². The van der Waals surface area contributed by atoms with Crippen LogP contribution < -0.4 is 4.74 Å². The van der Waals surface area contributed by atoms with Crippen molar-refractivity contribution in [3.63, 3.8) is 0 Å². The summed E-state index contributed by atoms with van der Waals surface area (Å²) in [6.07, 6.45) is 4.09. The molecule has 7 heteroatoms. The fourth-order valence-electron chi connectivity index (χ4n) is 4.49. The Labute approximate surface area is 173 Å². The summed E-state index contributed by atoms with van der Waals surface area (Å²) in [5, 5.41) is 8.80. The van der Waals surface area contributed by atoms with E-state index in [9.17, 15) is 13.6 Å². The Kier molecular flexibility index (Phi) is 5.75. The molecular formula is C23H24F2O5. The number of hydrogen-bond acceptors (Lipinski definition) is 4. The Morgan fingerprint density at radius 3 is 2.23 bits per heavy atom. The smallest absolute Gasteiger partial charge is 0.305 e. The molecule has 4 rings (SSSR count). The van der Waals surface area contributed by atoms with Crippen LogP contribution >= 0.6 is 0 Å². The number of carboxylic acid groups (broad SMARTS) is 1. The molecule has 160 valence electrons. The van der Waals surface area contributed by atoms with Crippen molar-refractivity contribution in [2.75, 3.05) is 6.61 Å². The van der Waals surface area contributed by atoms with Gasteiger partial charge in [0.15, 0.2) is 0 Å². The summed E-state index contributed by atoms with van der Waals surface area (Å²) in [4.78, 5) is 10.7.